The maximum atomic E-state index is 12.3. The molecule has 1 atom stereocenters. The van der Waals surface area contributed by atoms with Crippen molar-refractivity contribution < 1.29 is 4.79 Å². The summed E-state index contributed by atoms with van der Waals surface area (Å²) in [6.07, 6.45) is 5.47. The standard InChI is InChI=1S/C14H17N3O/c1-11(2)13(17-9-5-6-10-17)14(18)16-12-7-3-4-8-15-12/h3-11,13H,1-2H3,(H,15,16,18). The summed E-state index contributed by atoms with van der Waals surface area (Å²) in [4.78, 5) is 16.4. The highest BCUT2D eigenvalue weighted by Crippen LogP contribution is 2.19. The molecule has 0 fully saturated rings. The van der Waals surface area contributed by atoms with Crippen LogP contribution in [0.5, 0.6) is 0 Å². The van der Waals surface area contributed by atoms with Gasteiger partial charge in [-0.2, -0.15) is 0 Å². The first-order valence-electron chi connectivity index (χ1n) is 6.03. The lowest BCUT2D eigenvalue weighted by atomic mass is 10.0. The second-order valence-corrected chi connectivity index (χ2v) is 4.52. The number of hydrogen-bond acceptors (Lipinski definition) is 2. The van der Waals surface area contributed by atoms with Gasteiger partial charge in [-0.15, -0.1) is 0 Å². The smallest absolute Gasteiger partial charge is 0.248 e. The molecule has 0 bridgehead atoms. The molecule has 2 aromatic rings. The third kappa shape index (κ3) is 2.77. The number of nitrogens with zero attached hydrogens (tertiary/aromatic N) is 2. The third-order valence-corrected chi connectivity index (χ3v) is 2.76. The van der Waals surface area contributed by atoms with E-state index < -0.39 is 0 Å². The number of aromatic nitrogens is 2. The summed E-state index contributed by atoms with van der Waals surface area (Å²) in [5.74, 6) is 0.751. The fourth-order valence-corrected chi connectivity index (χ4v) is 1.95. The van der Waals surface area contributed by atoms with E-state index in [0.717, 1.165) is 0 Å². The van der Waals surface area contributed by atoms with Crippen molar-refractivity contribution in [1.82, 2.24) is 9.55 Å². The highest BCUT2D eigenvalue weighted by Gasteiger charge is 2.23. The van der Waals surface area contributed by atoms with Gasteiger partial charge in [0.25, 0.3) is 0 Å². The van der Waals surface area contributed by atoms with Gasteiger partial charge in [0.15, 0.2) is 0 Å². The number of pyridine rings is 1. The van der Waals surface area contributed by atoms with Crippen LogP contribution >= 0.6 is 0 Å². The van der Waals surface area contributed by atoms with E-state index in [9.17, 15) is 4.79 Å². The Labute approximate surface area is 107 Å². The van der Waals surface area contributed by atoms with Crippen LogP contribution in [-0.4, -0.2) is 15.5 Å². The number of amides is 1. The number of hydrogen-bond donors (Lipinski definition) is 1. The number of anilines is 1. The summed E-state index contributed by atoms with van der Waals surface area (Å²) in [5, 5.41) is 2.84. The third-order valence-electron chi connectivity index (χ3n) is 2.76. The molecular weight excluding hydrogens is 226 g/mol. The minimum Gasteiger partial charge on any atom is -0.342 e. The van der Waals surface area contributed by atoms with Gasteiger partial charge in [-0.1, -0.05) is 19.9 Å². The SMILES string of the molecule is CC(C)C(C(=O)Nc1ccccn1)n1cccc1. The second kappa shape index (κ2) is 5.49. The van der Waals surface area contributed by atoms with Crippen molar-refractivity contribution in [2.75, 3.05) is 5.32 Å². The summed E-state index contributed by atoms with van der Waals surface area (Å²) < 4.78 is 1.92. The lowest BCUT2D eigenvalue weighted by Crippen LogP contribution is -2.29. The molecule has 2 aromatic heterocycles. The Balaban J connectivity index is 2.15. The topological polar surface area (TPSA) is 46.9 Å². The van der Waals surface area contributed by atoms with Crippen LogP contribution in [0.3, 0.4) is 0 Å². The Morgan fingerprint density at radius 2 is 1.94 bits per heavy atom. The summed E-state index contributed by atoms with van der Waals surface area (Å²) in [7, 11) is 0. The van der Waals surface area contributed by atoms with Gasteiger partial charge in [0.2, 0.25) is 5.91 Å². The normalized spacial score (nSPS) is 12.4. The Bertz CT molecular complexity index is 491. The average Bonchev–Trinajstić information content (AvgIpc) is 2.83. The number of carbonyl (C=O) groups excluding carboxylic acids is 1. The van der Waals surface area contributed by atoms with Crippen LogP contribution in [0.1, 0.15) is 19.9 Å². The van der Waals surface area contributed by atoms with Gasteiger partial charge in [-0.05, 0) is 30.2 Å². The van der Waals surface area contributed by atoms with Gasteiger partial charge in [0.1, 0.15) is 11.9 Å². The Morgan fingerprint density at radius 1 is 1.22 bits per heavy atom. The molecule has 2 heterocycles. The monoisotopic (exact) mass is 243 g/mol. The van der Waals surface area contributed by atoms with Gasteiger partial charge < -0.3 is 9.88 Å². The van der Waals surface area contributed by atoms with Gasteiger partial charge in [0, 0.05) is 18.6 Å². The van der Waals surface area contributed by atoms with E-state index in [1.807, 2.05) is 55.1 Å². The van der Waals surface area contributed by atoms with E-state index in [2.05, 4.69) is 10.3 Å². The van der Waals surface area contributed by atoms with Crippen LogP contribution in [0.4, 0.5) is 5.82 Å². The van der Waals surface area contributed by atoms with E-state index in [1.54, 1.807) is 12.3 Å². The maximum Gasteiger partial charge on any atom is 0.248 e. The summed E-state index contributed by atoms with van der Waals surface area (Å²) in [6.45, 7) is 4.06. The van der Waals surface area contributed by atoms with Crippen molar-refractivity contribution in [3.8, 4) is 0 Å². The van der Waals surface area contributed by atoms with E-state index in [4.69, 9.17) is 0 Å². The second-order valence-electron chi connectivity index (χ2n) is 4.52. The van der Waals surface area contributed by atoms with Crippen molar-refractivity contribution in [3.63, 3.8) is 0 Å². The molecule has 0 saturated carbocycles. The van der Waals surface area contributed by atoms with Gasteiger partial charge >= 0.3 is 0 Å². The molecule has 0 aliphatic rings. The zero-order chi connectivity index (χ0) is 13.0. The molecule has 0 aliphatic carbocycles. The summed E-state index contributed by atoms with van der Waals surface area (Å²) >= 11 is 0. The molecule has 94 valence electrons. The van der Waals surface area contributed by atoms with Crippen molar-refractivity contribution in [3.05, 3.63) is 48.9 Å². The lowest BCUT2D eigenvalue weighted by Gasteiger charge is -2.21. The first kappa shape index (κ1) is 12.4. The van der Waals surface area contributed by atoms with Gasteiger partial charge in [-0.25, -0.2) is 4.98 Å². The Morgan fingerprint density at radius 3 is 2.50 bits per heavy atom. The maximum absolute atomic E-state index is 12.3. The average molecular weight is 243 g/mol. The molecule has 2 rings (SSSR count). The largest absolute Gasteiger partial charge is 0.342 e. The first-order chi connectivity index (χ1) is 8.68. The molecule has 0 spiro atoms. The van der Waals surface area contributed by atoms with Crippen LogP contribution in [0.15, 0.2) is 48.9 Å². The summed E-state index contributed by atoms with van der Waals surface area (Å²) in [5.41, 5.74) is 0. The molecule has 18 heavy (non-hydrogen) atoms. The predicted octanol–water partition coefficient (Wildman–Crippen LogP) is 2.72. The molecular formula is C14H17N3O. The number of rotatable bonds is 4. The van der Waals surface area contributed by atoms with Crippen molar-refractivity contribution in [2.45, 2.75) is 19.9 Å². The van der Waals surface area contributed by atoms with E-state index in [1.165, 1.54) is 0 Å². The fraction of sp³-hybridized carbons (Fsp3) is 0.286. The van der Waals surface area contributed by atoms with E-state index >= 15 is 0 Å². The highest BCUT2D eigenvalue weighted by molar-refractivity contribution is 5.93. The quantitative estimate of drug-likeness (QED) is 0.897. The molecule has 1 N–H and O–H groups in total. The van der Waals surface area contributed by atoms with Crippen molar-refractivity contribution in [1.29, 1.82) is 0 Å². The van der Waals surface area contributed by atoms with Crippen molar-refractivity contribution in [2.24, 2.45) is 5.92 Å². The molecule has 4 heteroatoms. The van der Waals surface area contributed by atoms with E-state index in [0.29, 0.717) is 5.82 Å². The molecule has 1 amide bonds. The first-order valence-corrected chi connectivity index (χ1v) is 6.03. The molecule has 0 radical (unpaired) electrons. The van der Waals surface area contributed by atoms with E-state index in [-0.39, 0.29) is 17.9 Å². The van der Waals surface area contributed by atoms with Gasteiger partial charge in [-0.3, -0.25) is 4.79 Å². The zero-order valence-corrected chi connectivity index (χ0v) is 10.6. The van der Waals surface area contributed by atoms with Crippen LogP contribution in [0, 0.1) is 5.92 Å². The highest BCUT2D eigenvalue weighted by atomic mass is 16.2. The minimum absolute atomic E-state index is 0.0418. The van der Waals surface area contributed by atoms with Crippen LogP contribution < -0.4 is 5.32 Å². The Kier molecular flexibility index (Phi) is 3.77. The van der Waals surface area contributed by atoms with Gasteiger partial charge in [0.05, 0.1) is 0 Å². The van der Waals surface area contributed by atoms with Crippen molar-refractivity contribution >= 4 is 11.7 Å². The zero-order valence-electron chi connectivity index (χ0n) is 10.6. The number of carbonyl (C=O) groups is 1. The molecule has 0 saturated heterocycles. The number of nitrogens with one attached hydrogen (secondary N) is 1. The summed E-state index contributed by atoms with van der Waals surface area (Å²) in [6, 6.07) is 9.07. The molecule has 0 aromatic carbocycles. The van der Waals surface area contributed by atoms with Crippen LogP contribution in [0.2, 0.25) is 0 Å². The van der Waals surface area contributed by atoms with Crippen LogP contribution in [0.25, 0.3) is 0 Å². The predicted molar refractivity (Wildman–Crippen MR) is 71.2 cm³/mol. The molecule has 4 nitrogen and oxygen atoms in total. The molecule has 1 unspecified atom stereocenters. The Hall–Kier alpha value is -2.10. The fourth-order valence-electron chi connectivity index (χ4n) is 1.95. The lowest BCUT2D eigenvalue weighted by molar-refractivity contribution is -0.120. The minimum atomic E-state index is -0.220. The van der Waals surface area contributed by atoms with Crippen LogP contribution in [-0.2, 0) is 4.79 Å². The molecule has 0 aliphatic heterocycles.